The quantitative estimate of drug-likeness (QED) is 0.0992. The Morgan fingerprint density at radius 3 is 0.698 bits per heavy atom. The SMILES string of the molecule is CC(C)(C)c1cc(-c2c3nc(c(-c4cc(C(C)(C)C)cc(C(C)(C)C)c4)c4ccc([n-]4)c(-c4cc(C(C)(C)C)cc(C(C)(C)C)c4)c4nc(c(-c5cc(C(C)(C)C)cc(C(C)(C)C)c5)c5ccc2[n-]5)-c2nc5ccccc5nc2-4)C=C3)cc(C(C)(C)C)c1.F[P-](F)(F)(F)(F)F.[Au+3]. The third-order valence-electron chi connectivity index (χ3n) is 18.0. The zero-order chi connectivity index (χ0) is 70.4. The average Bonchev–Trinajstić information content (AvgIpc) is 1.56. The van der Waals surface area contributed by atoms with E-state index in [0.717, 1.165) is 100 Å². The van der Waals surface area contributed by atoms with Gasteiger partial charge in [0.15, 0.2) is 0 Å². The Hall–Kier alpha value is -6.95. The van der Waals surface area contributed by atoms with Crippen molar-refractivity contribution < 1.29 is 47.6 Å². The van der Waals surface area contributed by atoms with E-state index in [1.807, 2.05) is 12.1 Å². The Morgan fingerprint density at radius 2 is 0.479 bits per heavy atom. The van der Waals surface area contributed by atoms with Gasteiger partial charge in [0, 0.05) is 0 Å². The van der Waals surface area contributed by atoms with Crippen molar-refractivity contribution >= 4 is 53.1 Å². The number of benzene rings is 5. The first-order chi connectivity index (χ1) is 43.1. The van der Waals surface area contributed by atoms with Crippen LogP contribution < -0.4 is 9.97 Å². The van der Waals surface area contributed by atoms with Crippen LogP contribution in [0.5, 0.6) is 0 Å². The third kappa shape index (κ3) is 16.3. The van der Waals surface area contributed by atoms with Crippen LogP contribution in [0.2, 0.25) is 0 Å². The smallest absolute Gasteiger partial charge is 3.00 e. The van der Waals surface area contributed by atoms with E-state index in [1.165, 1.54) is 44.5 Å². The van der Waals surface area contributed by atoms with E-state index in [0.29, 0.717) is 11.4 Å². The molecular formula is C82H94AuF6N6P. The summed E-state index contributed by atoms with van der Waals surface area (Å²) in [6, 6.07) is 45.7. The van der Waals surface area contributed by atoms with Gasteiger partial charge in [0.25, 0.3) is 0 Å². The Labute approximate surface area is 580 Å². The number of fused-ring (bicyclic) bond motifs is 12. The fourth-order valence-corrected chi connectivity index (χ4v) is 12.0. The van der Waals surface area contributed by atoms with Gasteiger partial charge in [-0.25, -0.2) is 19.9 Å². The molecule has 14 heteroatoms. The Bertz CT molecular complexity index is 4360. The van der Waals surface area contributed by atoms with E-state index in [-0.39, 0.29) is 65.7 Å². The molecule has 0 amide bonds. The van der Waals surface area contributed by atoms with Gasteiger partial charge in [0.1, 0.15) is 11.4 Å². The summed E-state index contributed by atoms with van der Waals surface area (Å²) in [6.07, 6.45) is 4.43. The number of hydrogen-bond donors (Lipinski definition) is 0. The molecule has 0 atom stereocenters. The largest absolute Gasteiger partial charge is 3.00 e. The molecule has 0 aliphatic carbocycles. The summed E-state index contributed by atoms with van der Waals surface area (Å²) in [5, 5.41) is 0. The van der Waals surface area contributed by atoms with E-state index in [4.69, 9.17) is 29.9 Å². The van der Waals surface area contributed by atoms with Gasteiger partial charge >= 0.3 is 55.4 Å². The number of aromatic nitrogens is 6. The van der Waals surface area contributed by atoms with Gasteiger partial charge < -0.3 is 9.97 Å². The molecule has 0 spiro atoms. The zero-order valence-electron chi connectivity index (χ0n) is 60.4. The first-order valence-corrected chi connectivity index (χ1v) is 35.0. The molecule has 0 N–H and O–H groups in total. The Balaban J connectivity index is 0.00000128. The van der Waals surface area contributed by atoms with Crippen molar-refractivity contribution in [1.82, 2.24) is 29.9 Å². The first kappa shape index (κ1) is 73.3. The molecule has 11 rings (SSSR count). The first-order valence-electron chi connectivity index (χ1n) is 32.9. The maximum atomic E-state index is 9.87. The summed E-state index contributed by atoms with van der Waals surface area (Å²) in [5.74, 6) is 0. The van der Waals surface area contributed by atoms with Crippen molar-refractivity contribution in [3.8, 4) is 67.3 Å². The second kappa shape index (κ2) is 23.6. The second-order valence-corrected chi connectivity index (χ2v) is 36.4. The number of hydrogen-bond acceptors (Lipinski definition) is 4. The van der Waals surface area contributed by atoms with E-state index < -0.39 is 7.81 Å². The van der Waals surface area contributed by atoms with Gasteiger partial charge in [-0.1, -0.05) is 275 Å². The van der Waals surface area contributed by atoms with Crippen LogP contribution in [0.1, 0.15) is 222 Å². The van der Waals surface area contributed by atoms with Gasteiger partial charge in [-0.2, -0.15) is 0 Å². The fraction of sp³-hybridized carbons (Fsp3) is 0.390. The van der Waals surface area contributed by atoms with Crippen molar-refractivity contribution in [1.29, 1.82) is 0 Å². The number of nitrogens with zero attached hydrogens (tertiary/aromatic N) is 6. The Kier molecular flexibility index (Phi) is 18.0. The van der Waals surface area contributed by atoms with Crippen LogP contribution >= 0.6 is 7.81 Å². The monoisotopic (exact) mass is 1500 g/mol. The van der Waals surface area contributed by atoms with Crippen LogP contribution in [0, 0.1) is 0 Å². The predicted molar refractivity (Wildman–Crippen MR) is 390 cm³/mol. The van der Waals surface area contributed by atoms with E-state index >= 15 is 0 Å². The van der Waals surface area contributed by atoms with Gasteiger partial charge in [-0.05, 0) is 157 Å². The molecule has 5 aromatic carbocycles. The van der Waals surface area contributed by atoms with Crippen molar-refractivity contribution in [3.63, 3.8) is 0 Å². The molecule has 2 aliphatic rings. The molecule has 96 heavy (non-hydrogen) atoms. The molecule has 6 heterocycles. The molecule has 0 radical (unpaired) electrons. The van der Waals surface area contributed by atoms with Crippen LogP contribution in [0.15, 0.2) is 121 Å². The summed E-state index contributed by atoms with van der Waals surface area (Å²) in [5.41, 5.74) is 25.9. The molecule has 2 aliphatic heterocycles. The molecule has 0 unspecified atom stereocenters. The molecule has 9 aromatic rings. The molecule has 0 fully saturated rings. The maximum Gasteiger partial charge on any atom is 3.00 e. The predicted octanol–water partition coefficient (Wildman–Crippen LogP) is 25.4. The van der Waals surface area contributed by atoms with Crippen LogP contribution in [0.3, 0.4) is 0 Å². The summed E-state index contributed by atoms with van der Waals surface area (Å²) in [4.78, 5) is 35.3. The van der Waals surface area contributed by atoms with E-state index in [1.54, 1.807) is 0 Å². The van der Waals surface area contributed by atoms with Crippen molar-refractivity contribution in [2.24, 2.45) is 0 Å². The molecule has 8 bridgehead atoms. The minimum Gasteiger partial charge on any atom is 3.00 e. The van der Waals surface area contributed by atoms with Gasteiger partial charge in [0.05, 0.1) is 33.8 Å². The molecular weight excluding hydrogens is 1410 g/mol. The van der Waals surface area contributed by atoms with Gasteiger partial charge in [0.2, 0.25) is 0 Å². The topological polar surface area (TPSA) is 79.8 Å². The molecule has 6 nitrogen and oxygen atoms in total. The van der Waals surface area contributed by atoms with Crippen molar-refractivity contribution in [2.45, 2.75) is 209 Å². The third-order valence-corrected chi connectivity index (χ3v) is 18.0. The van der Waals surface area contributed by atoms with E-state index in [9.17, 15) is 25.2 Å². The van der Waals surface area contributed by atoms with Gasteiger partial charge in [-0.15, -0.1) is 22.1 Å². The zero-order valence-corrected chi connectivity index (χ0v) is 63.5. The molecule has 0 saturated heterocycles. The summed E-state index contributed by atoms with van der Waals surface area (Å²) in [6.45, 7) is 55.4. The van der Waals surface area contributed by atoms with E-state index in [2.05, 4.69) is 288 Å². The second-order valence-electron chi connectivity index (χ2n) is 34.5. The standard InChI is InChI=1S/C82H94N6.Au.F6P/c1-75(2,3)51-35-47(36-52(43-51)76(4,5)6)67-61-29-30-62(83-61)68(48-37-53(77(7,8)9)44-54(38-48)78(10,11)12)64-32-34-66(85-64)70(50-41-57(81(19,20)21)46-58(42-50)82(22,23)24)72-74-73(86-59-27-25-26-28-60(59)87-74)71(88-72)69(65-33-31-63(67)84-65)49-39-55(79(13,14)15)45-56(40-49)80(16,17)18;;1-7(2,3,4,5)6/h25-46H,1-24H3;;/q-2;+3;-1. The fourth-order valence-electron chi connectivity index (χ4n) is 12.0. The summed E-state index contributed by atoms with van der Waals surface area (Å²) >= 11 is 0. The number of para-hydroxylation sites is 2. The number of halogens is 6. The molecule has 0 saturated carbocycles. The molecule has 4 aromatic heterocycles. The van der Waals surface area contributed by atoms with Crippen molar-refractivity contribution in [3.05, 3.63) is 177 Å². The Morgan fingerprint density at radius 1 is 0.271 bits per heavy atom. The van der Waals surface area contributed by atoms with Crippen LogP contribution in [-0.2, 0) is 65.7 Å². The number of rotatable bonds is 4. The van der Waals surface area contributed by atoms with Crippen molar-refractivity contribution in [2.75, 3.05) is 0 Å². The van der Waals surface area contributed by atoms with Crippen LogP contribution in [-0.4, -0.2) is 19.9 Å². The average molecular weight is 1510 g/mol. The van der Waals surface area contributed by atoms with Crippen LogP contribution in [0.25, 0.3) is 113 Å². The molecule has 510 valence electrons. The minimum absolute atomic E-state index is 0. The van der Waals surface area contributed by atoms with Crippen LogP contribution in [0.4, 0.5) is 25.2 Å². The summed E-state index contributed by atoms with van der Waals surface area (Å²) < 4.78 is 59.2. The maximum absolute atomic E-state index is 10.7. The minimum atomic E-state index is -10.7. The van der Waals surface area contributed by atoms with Gasteiger partial charge in [-0.3, -0.25) is 0 Å². The summed E-state index contributed by atoms with van der Waals surface area (Å²) in [7, 11) is -10.7. The normalized spacial score (nSPS) is 14.2.